The number of hydrogen-bond acceptors (Lipinski definition) is 3. The number of nitrogens with one attached hydrogen (secondary N) is 1. The van der Waals surface area contributed by atoms with Crippen LogP contribution >= 0.6 is 0 Å². The molecule has 0 bridgehead atoms. The summed E-state index contributed by atoms with van der Waals surface area (Å²) >= 11 is 0. The highest BCUT2D eigenvalue weighted by Crippen LogP contribution is 2.14. The summed E-state index contributed by atoms with van der Waals surface area (Å²) in [6.07, 6.45) is 3.73. The lowest BCUT2D eigenvalue weighted by Crippen LogP contribution is -2.25. The van der Waals surface area contributed by atoms with Crippen LogP contribution in [0.5, 0.6) is 5.75 Å². The number of benzene rings is 1. The van der Waals surface area contributed by atoms with Crippen LogP contribution in [0.2, 0.25) is 0 Å². The Labute approximate surface area is 109 Å². The molecular formula is C14H22N2O2. The quantitative estimate of drug-likeness (QED) is 0.550. The molecular weight excluding hydrogens is 228 g/mol. The van der Waals surface area contributed by atoms with Crippen LogP contribution in [-0.4, -0.2) is 19.1 Å². The summed E-state index contributed by atoms with van der Waals surface area (Å²) in [5.41, 5.74) is 6.29. The lowest BCUT2D eigenvalue weighted by Gasteiger charge is -2.07. The Bertz CT molecular complexity index is 367. The number of hydrogen-bond donors (Lipinski definition) is 2. The van der Waals surface area contributed by atoms with Gasteiger partial charge in [0.2, 0.25) is 5.91 Å². The van der Waals surface area contributed by atoms with Crippen LogP contribution in [0.15, 0.2) is 24.3 Å². The molecule has 100 valence electrons. The summed E-state index contributed by atoms with van der Waals surface area (Å²) in [4.78, 5) is 11.4. The van der Waals surface area contributed by atoms with E-state index in [1.807, 2.05) is 12.1 Å². The van der Waals surface area contributed by atoms with Gasteiger partial charge in [-0.3, -0.25) is 4.79 Å². The van der Waals surface area contributed by atoms with E-state index in [-0.39, 0.29) is 5.91 Å². The first-order valence-corrected chi connectivity index (χ1v) is 6.47. The summed E-state index contributed by atoms with van der Waals surface area (Å²) in [5.74, 6) is 0.740. The van der Waals surface area contributed by atoms with Crippen molar-refractivity contribution in [3.8, 4) is 5.75 Å². The Morgan fingerprint density at radius 3 is 2.94 bits per heavy atom. The van der Waals surface area contributed by atoms with E-state index >= 15 is 0 Å². The molecule has 0 spiro atoms. The fourth-order valence-corrected chi connectivity index (χ4v) is 1.56. The highest BCUT2D eigenvalue weighted by atomic mass is 16.5. The number of unbranched alkanes of at least 4 members (excludes halogenated alkanes) is 2. The number of rotatable bonds is 8. The van der Waals surface area contributed by atoms with Gasteiger partial charge in [0.1, 0.15) is 5.75 Å². The minimum absolute atomic E-state index is 0.0370. The van der Waals surface area contributed by atoms with Crippen molar-refractivity contribution in [1.29, 1.82) is 0 Å². The van der Waals surface area contributed by atoms with E-state index in [2.05, 4.69) is 12.2 Å². The second-order valence-electron chi connectivity index (χ2n) is 4.23. The molecule has 1 amide bonds. The molecule has 1 aromatic carbocycles. The molecule has 3 N–H and O–H groups in total. The van der Waals surface area contributed by atoms with Gasteiger partial charge in [-0.1, -0.05) is 25.8 Å². The number of amides is 1. The van der Waals surface area contributed by atoms with Crippen LogP contribution in [0.1, 0.15) is 32.6 Å². The Hall–Kier alpha value is -1.71. The van der Waals surface area contributed by atoms with E-state index in [9.17, 15) is 4.79 Å². The van der Waals surface area contributed by atoms with Crippen LogP contribution in [-0.2, 0) is 4.79 Å². The smallest absolute Gasteiger partial charge is 0.223 e. The molecule has 0 aliphatic heterocycles. The largest absolute Gasteiger partial charge is 0.493 e. The molecule has 0 saturated carbocycles. The van der Waals surface area contributed by atoms with Crippen molar-refractivity contribution in [2.75, 3.05) is 18.9 Å². The maximum Gasteiger partial charge on any atom is 0.223 e. The molecule has 0 aliphatic carbocycles. The van der Waals surface area contributed by atoms with Crippen molar-refractivity contribution in [2.24, 2.45) is 0 Å². The zero-order valence-electron chi connectivity index (χ0n) is 10.9. The van der Waals surface area contributed by atoms with Gasteiger partial charge in [0, 0.05) is 18.3 Å². The van der Waals surface area contributed by atoms with Crippen LogP contribution in [0.25, 0.3) is 0 Å². The molecule has 4 heteroatoms. The maximum atomic E-state index is 11.4. The third-order valence-electron chi connectivity index (χ3n) is 2.56. The second-order valence-corrected chi connectivity index (χ2v) is 4.23. The van der Waals surface area contributed by atoms with Crippen LogP contribution < -0.4 is 15.8 Å². The molecule has 0 saturated heterocycles. The molecule has 0 aromatic heterocycles. The molecule has 1 aromatic rings. The van der Waals surface area contributed by atoms with Crippen LogP contribution in [0, 0.1) is 0 Å². The SMILES string of the molecule is CCCCCNC(=O)CCOc1cccc(N)c1. The minimum atomic E-state index is 0.0370. The topological polar surface area (TPSA) is 64.3 Å². The Morgan fingerprint density at radius 1 is 1.39 bits per heavy atom. The molecule has 0 atom stereocenters. The van der Waals surface area contributed by atoms with Gasteiger partial charge in [0.05, 0.1) is 13.0 Å². The first-order chi connectivity index (χ1) is 8.72. The standard InChI is InChI=1S/C14H22N2O2/c1-2-3-4-9-16-14(17)8-10-18-13-7-5-6-12(15)11-13/h5-7,11H,2-4,8-10,15H2,1H3,(H,16,17). The highest BCUT2D eigenvalue weighted by Gasteiger charge is 2.01. The molecule has 1 rings (SSSR count). The molecule has 18 heavy (non-hydrogen) atoms. The predicted molar refractivity (Wildman–Crippen MR) is 73.5 cm³/mol. The average Bonchev–Trinajstić information content (AvgIpc) is 2.35. The van der Waals surface area contributed by atoms with Gasteiger partial charge < -0.3 is 15.8 Å². The van der Waals surface area contributed by atoms with Crippen molar-refractivity contribution < 1.29 is 9.53 Å². The molecule has 4 nitrogen and oxygen atoms in total. The number of nitrogen functional groups attached to an aromatic ring is 1. The van der Waals surface area contributed by atoms with Crippen LogP contribution in [0.4, 0.5) is 5.69 Å². The van der Waals surface area contributed by atoms with E-state index < -0.39 is 0 Å². The predicted octanol–water partition coefficient (Wildman–Crippen LogP) is 2.34. The van der Waals surface area contributed by atoms with Gasteiger partial charge in [-0.15, -0.1) is 0 Å². The lowest BCUT2D eigenvalue weighted by molar-refractivity contribution is -0.121. The first kappa shape index (κ1) is 14.4. The third-order valence-corrected chi connectivity index (χ3v) is 2.56. The fourth-order valence-electron chi connectivity index (χ4n) is 1.56. The highest BCUT2D eigenvalue weighted by molar-refractivity contribution is 5.75. The van der Waals surface area contributed by atoms with Gasteiger partial charge >= 0.3 is 0 Å². The number of ether oxygens (including phenoxy) is 1. The molecule has 0 fully saturated rings. The van der Waals surface area contributed by atoms with Gasteiger partial charge in [-0.2, -0.15) is 0 Å². The summed E-state index contributed by atoms with van der Waals surface area (Å²) in [6.45, 7) is 3.27. The van der Waals surface area contributed by atoms with Crippen LogP contribution in [0.3, 0.4) is 0 Å². The number of anilines is 1. The average molecular weight is 250 g/mol. The molecule has 0 radical (unpaired) electrons. The zero-order valence-corrected chi connectivity index (χ0v) is 10.9. The minimum Gasteiger partial charge on any atom is -0.493 e. The summed E-state index contributed by atoms with van der Waals surface area (Å²) < 4.78 is 5.44. The van der Waals surface area contributed by atoms with E-state index in [1.54, 1.807) is 12.1 Å². The Kier molecular flexibility index (Phi) is 6.69. The zero-order chi connectivity index (χ0) is 13.2. The second kappa shape index (κ2) is 8.39. The maximum absolute atomic E-state index is 11.4. The number of carbonyl (C=O) groups is 1. The molecule has 0 heterocycles. The van der Waals surface area contributed by atoms with E-state index in [0.717, 1.165) is 25.8 Å². The molecule has 0 aliphatic rings. The third kappa shape index (κ3) is 6.13. The van der Waals surface area contributed by atoms with E-state index in [1.165, 1.54) is 0 Å². The normalized spacial score (nSPS) is 10.1. The summed E-state index contributed by atoms with van der Waals surface area (Å²) in [7, 11) is 0. The van der Waals surface area contributed by atoms with Gasteiger partial charge in [-0.25, -0.2) is 0 Å². The Balaban J connectivity index is 2.12. The molecule has 0 unspecified atom stereocenters. The summed E-state index contributed by atoms with van der Waals surface area (Å²) in [5, 5.41) is 2.87. The van der Waals surface area contributed by atoms with Crippen molar-refractivity contribution >= 4 is 11.6 Å². The number of nitrogens with two attached hydrogens (primary N) is 1. The Morgan fingerprint density at radius 2 is 2.22 bits per heavy atom. The van der Waals surface area contributed by atoms with Crippen molar-refractivity contribution in [3.63, 3.8) is 0 Å². The van der Waals surface area contributed by atoms with Crippen molar-refractivity contribution in [1.82, 2.24) is 5.32 Å². The van der Waals surface area contributed by atoms with Gasteiger partial charge in [0.15, 0.2) is 0 Å². The van der Waals surface area contributed by atoms with Crippen molar-refractivity contribution in [2.45, 2.75) is 32.6 Å². The van der Waals surface area contributed by atoms with Gasteiger partial charge in [-0.05, 0) is 18.6 Å². The van der Waals surface area contributed by atoms with E-state index in [4.69, 9.17) is 10.5 Å². The monoisotopic (exact) mass is 250 g/mol. The van der Waals surface area contributed by atoms with Crippen molar-refractivity contribution in [3.05, 3.63) is 24.3 Å². The summed E-state index contributed by atoms with van der Waals surface area (Å²) in [6, 6.07) is 7.21. The van der Waals surface area contributed by atoms with Gasteiger partial charge in [0.25, 0.3) is 0 Å². The lowest BCUT2D eigenvalue weighted by atomic mass is 10.2. The fraction of sp³-hybridized carbons (Fsp3) is 0.500. The van der Waals surface area contributed by atoms with E-state index in [0.29, 0.717) is 24.5 Å². The number of carbonyl (C=O) groups excluding carboxylic acids is 1. The first-order valence-electron chi connectivity index (χ1n) is 6.47.